The smallest absolute Gasteiger partial charge is 0.341 e. The number of benzene rings is 1. The van der Waals surface area contributed by atoms with Gasteiger partial charge in [0.2, 0.25) is 0 Å². The van der Waals surface area contributed by atoms with E-state index in [9.17, 15) is 9.59 Å². The number of hydrogen-bond donors (Lipinski definition) is 3. The van der Waals surface area contributed by atoms with Crippen molar-refractivity contribution in [1.82, 2.24) is 10.5 Å². The average Bonchev–Trinajstić information content (AvgIpc) is 2.83. The summed E-state index contributed by atoms with van der Waals surface area (Å²) in [4.78, 5) is 23.1. The van der Waals surface area contributed by atoms with E-state index in [1.165, 1.54) is 6.92 Å². The highest BCUT2D eigenvalue weighted by Crippen LogP contribution is 2.21. The summed E-state index contributed by atoms with van der Waals surface area (Å²) in [5, 5.41) is 18.5. The molecule has 1 aromatic heterocycles. The molecule has 1 heterocycles. The van der Waals surface area contributed by atoms with Crippen LogP contribution in [0.2, 0.25) is 5.02 Å². The number of hydrogen-bond acceptors (Lipinski definition) is 4. The number of carbonyl (C=O) groups excluding carboxylic acids is 1. The monoisotopic (exact) mass is 323 g/mol. The SMILES string of the molecule is Cc1noc([C@@H](C)NC(=O)Nc2ccc(Cl)cc2)c1C(=O)O. The third-order valence-corrected chi connectivity index (χ3v) is 3.20. The molecule has 116 valence electrons. The first kappa shape index (κ1) is 15.8. The molecule has 0 radical (unpaired) electrons. The predicted octanol–water partition coefficient (Wildman–Crippen LogP) is 3.22. The van der Waals surface area contributed by atoms with Gasteiger partial charge in [0.15, 0.2) is 5.76 Å². The second-order valence-corrected chi connectivity index (χ2v) is 5.08. The molecule has 0 aliphatic rings. The van der Waals surface area contributed by atoms with Crippen molar-refractivity contribution in [2.24, 2.45) is 0 Å². The molecule has 22 heavy (non-hydrogen) atoms. The van der Waals surface area contributed by atoms with E-state index in [0.717, 1.165) is 0 Å². The normalized spacial score (nSPS) is 11.8. The Bertz CT molecular complexity index is 697. The summed E-state index contributed by atoms with van der Waals surface area (Å²) in [6.07, 6.45) is 0. The van der Waals surface area contributed by atoms with Gasteiger partial charge in [-0.25, -0.2) is 9.59 Å². The Hall–Kier alpha value is -2.54. The number of nitrogens with one attached hydrogen (secondary N) is 2. The van der Waals surface area contributed by atoms with Crippen molar-refractivity contribution in [3.05, 3.63) is 46.3 Å². The van der Waals surface area contributed by atoms with Gasteiger partial charge in [0, 0.05) is 10.7 Å². The van der Waals surface area contributed by atoms with Gasteiger partial charge >= 0.3 is 12.0 Å². The number of urea groups is 1. The lowest BCUT2D eigenvalue weighted by atomic mass is 10.1. The molecule has 0 aliphatic carbocycles. The maximum absolute atomic E-state index is 11.9. The Kier molecular flexibility index (Phi) is 4.67. The van der Waals surface area contributed by atoms with Crippen LogP contribution >= 0.6 is 11.6 Å². The van der Waals surface area contributed by atoms with Crippen molar-refractivity contribution in [3.63, 3.8) is 0 Å². The van der Waals surface area contributed by atoms with E-state index in [1.54, 1.807) is 31.2 Å². The van der Waals surface area contributed by atoms with Crippen LogP contribution in [0.1, 0.15) is 34.8 Å². The molecule has 2 aromatic rings. The van der Waals surface area contributed by atoms with Gasteiger partial charge in [0.25, 0.3) is 0 Å². The summed E-state index contributed by atoms with van der Waals surface area (Å²) < 4.78 is 4.99. The van der Waals surface area contributed by atoms with E-state index in [1.807, 2.05) is 0 Å². The van der Waals surface area contributed by atoms with Crippen LogP contribution in [0.4, 0.5) is 10.5 Å². The van der Waals surface area contributed by atoms with Crippen molar-refractivity contribution in [3.8, 4) is 0 Å². The molecule has 0 fully saturated rings. The molecule has 1 atom stereocenters. The van der Waals surface area contributed by atoms with Crippen LogP contribution in [-0.4, -0.2) is 22.3 Å². The van der Waals surface area contributed by atoms with E-state index in [2.05, 4.69) is 15.8 Å². The maximum Gasteiger partial charge on any atom is 0.341 e. The summed E-state index contributed by atoms with van der Waals surface area (Å²) in [5.41, 5.74) is 0.773. The van der Waals surface area contributed by atoms with Crippen LogP contribution in [-0.2, 0) is 0 Å². The predicted molar refractivity (Wildman–Crippen MR) is 80.2 cm³/mol. The molecule has 0 unspecified atom stereocenters. The fraction of sp³-hybridized carbons (Fsp3) is 0.214. The lowest BCUT2D eigenvalue weighted by Gasteiger charge is -2.13. The first-order valence-electron chi connectivity index (χ1n) is 6.41. The summed E-state index contributed by atoms with van der Waals surface area (Å²) >= 11 is 5.76. The summed E-state index contributed by atoms with van der Waals surface area (Å²) in [5.74, 6) is -1.06. The van der Waals surface area contributed by atoms with E-state index in [-0.39, 0.29) is 17.0 Å². The molecule has 0 bridgehead atoms. The van der Waals surface area contributed by atoms with Crippen LogP contribution in [0.3, 0.4) is 0 Å². The molecule has 0 aliphatic heterocycles. The van der Waals surface area contributed by atoms with Gasteiger partial charge in [-0.15, -0.1) is 0 Å². The minimum absolute atomic E-state index is 0.0423. The molecule has 0 saturated heterocycles. The van der Waals surface area contributed by atoms with Gasteiger partial charge in [0.05, 0.1) is 11.7 Å². The first-order valence-corrected chi connectivity index (χ1v) is 6.79. The number of anilines is 1. The maximum atomic E-state index is 11.9. The van der Waals surface area contributed by atoms with Crippen LogP contribution in [0.25, 0.3) is 0 Å². The Morgan fingerprint density at radius 3 is 2.55 bits per heavy atom. The van der Waals surface area contributed by atoms with E-state index in [0.29, 0.717) is 10.7 Å². The van der Waals surface area contributed by atoms with E-state index >= 15 is 0 Å². The number of aryl methyl sites for hydroxylation is 1. The molecule has 8 heteroatoms. The number of aromatic carboxylic acids is 1. The Labute approximate surface area is 131 Å². The van der Waals surface area contributed by atoms with Crippen LogP contribution in [0, 0.1) is 6.92 Å². The topological polar surface area (TPSA) is 104 Å². The largest absolute Gasteiger partial charge is 0.477 e. The molecule has 7 nitrogen and oxygen atoms in total. The molecule has 1 aromatic carbocycles. The Morgan fingerprint density at radius 1 is 1.32 bits per heavy atom. The number of carbonyl (C=O) groups is 2. The second kappa shape index (κ2) is 6.48. The van der Waals surface area contributed by atoms with Crippen molar-refractivity contribution >= 4 is 29.3 Å². The minimum Gasteiger partial charge on any atom is -0.477 e. The van der Waals surface area contributed by atoms with Crippen LogP contribution < -0.4 is 10.6 Å². The lowest BCUT2D eigenvalue weighted by molar-refractivity contribution is 0.0692. The van der Waals surface area contributed by atoms with Gasteiger partial charge in [-0.3, -0.25) is 0 Å². The van der Waals surface area contributed by atoms with Crippen molar-refractivity contribution in [1.29, 1.82) is 0 Å². The number of halogens is 1. The van der Waals surface area contributed by atoms with Crippen molar-refractivity contribution in [2.75, 3.05) is 5.32 Å². The van der Waals surface area contributed by atoms with E-state index < -0.39 is 18.0 Å². The van der Waals surface area contributed by atoms with Gasteiger partial charge in [-0.05, 0) is 38.1 Å². The van der Waals surface area contributed by atoms with Gasteiger partial charge in [0.1, 0.15) is 5.56 Å². The fourth-order valence-corrected chi connectivity index (χ4v) is 2.03. The highest BCUT2D eigenvalue weighted by atomic mass is 35.5. The number of rotatable bonds is 4. The third kappa shape index (κ3) is 3.56. The highest BCUT2D eigenvalue weighted by molar-refractivity contribution is 6.30. The molecule has 0 spiro atoms. The zero-order chi connectivity index (χ0) is 16.3. The van der Waals surface area contributed by atoms with Gasteiger partial charge in [-0.1, -0.05) is 16.8 Å². The zero-order valence-corrected chi connectivity index (χ0v) is 12.6. The summed E-state index contributed by atoms with van der Waals surface area (Å²) in [6, 6.07) is 5.42. The zero-order valence-electron chi connectivity index (χ0n) is 11.9. The lowest BCUT2D eigenvalue weighted by Crippen LogP contribution is -2.31. The van der Waals surface area contributed by atoms with Crippen molar-refractivity contribution in [2.45, 2.75) is 19.9 Å². The van der Waals surface area contributed by atoms with Gasteiger partial charge < -0.3 is 20.3 Å². The molecular weight excluding hydrogens is 310 g/mol. The number of carboxylic acid groups (broad SMARTS) is 1. The first-order chi connectivity index (χ1) is 10.4. The number of aromatic nitrogens is 1. The van der Waals surface area contributed by atoms with Gasteiger partial charge in [-0.2, -0.15) is 0 Å². The Balaban J connectivity index is 2.05. The summed E-state index contributed by atoms with van der Waals surface area (Å²) in [6.45, 7) is 3.13. The quantitative estimate of drug-likeness (QED) is 0.801. The number of nitrogens with zero attached hydrogens (tertiary/aromatic N) is 1. The minimum atomic E-state index is -1.15. The molecule has 3 N–H and O–H groups in total. The van der Waals surface area contributed by atoms with Crippen molar-refractivity contribution < 1.29 is 19.2 Å². The third-order valence-electron chi connectivity index (χ3n) is 2.95. The standard InChI is InChI=1S/C14H14ClN3O4/c1-7-11(13(19)20)12(22-18-7)8(2)16-14(21)17-10-5-3-9(15)4-6-10/h3-6,8H,1-2H3,(H,19,20)(H2,16,17,21)/t8-/m1/s1. The molecule has 0 saturated carbocycles. The second-order valence-electron chi connectivity index (χ2n) is 4.64. The van der Waals surface area contributed by atoms with E-state index in [4.69, 9.17) is 21.2 Å². The number of carboxylic acids is 1. The molecule has 2 amide bonds. The van der Waals surface area contributed by atoms with Crippen LogP contribution in [0.5, 0.6) is 0 Å². The average molecular weight is 324 g/mol. The molecule has 2 rings (SSSR count). The fourth-order valence-electron chi connectivity index (χ4n) is 1.91. The summed E-state index contributed by atoms with van der Waals surface area (Å²) in [7, 11) is 0. The highest BCUT2D eigenvalue weighted by Gasteiger charge is 2.25. The van der Waals surface area contributed by atoms with Crippen LogP contribution in [0.15, 0.2) is 28.8 Å². The molecular formula is C14H14ClN3O4. The number of amides is 2. The Morgan fingerprint density at radius 2 is 1.95 bits per heavy atom.